The summed E-state index contributed by atoms with van der Waals surface area (Å²) in [5.41, 5.74) is 0.512. The van der Waals surface area contributed by atoms with Gasteiger partial charge in [-0.05, 0) is 25.1 Å². The zero-order chi connectivity index (χ0) is 18.2. The lowest BCUT2D eigenvalue weighted by atomic mass is 10.3. The van der Waals surface area contributed by atoms with Gasteiger partial charge >= 0.3 is 5.97 Å². The minimum Gasteiger partial charge on any atom is -0.478 e. The number of hydrogen-bond acceptors (Lipinski definition) is 6. The Kier molecular flexibility index (Phi) is 6.72. The van der Waals surface area contributed by atoms with Crippen LogP contribution in [0.1, 0.15) is 6.92 Å². The van der Waals surface area contributed by atoms with Gasteiger partial charge in [-0.3, -0.25) is 9.59 Å². The molecule has 2 amide bonds. The van der Waals surface area contributed by atoms with Crippen LogP contribution in [0.25, 0.3) is 0 Å². The summed E-state index contributed by atoms with van der Waals surface area (Å²) in [6, 6.07) is 6.95. The third-order valence-electron chi connectivity index (χ3n) is 2.82. The number of aliphatic carboxylic acids is 1. The zero-order valence-electron chi connectivity index (χ0n) is 13.1. The van der Waals surface area contributed by atoms with Crippen molar-refractivity contribution in [3.63, 3.8) is 0 Å². The van der Waals surface area contributed by atoms with Crippen molar-refractivity contribution in [2.75, 3.05) is 10.6 Å². The zero-order valence-corrected chi connectivity index (χ0v) is 14.8. The lowest BCUT2D eigenvalue weighted by Crippen LogP contribution is -2.22. The van der Waals surface area contributed by atoms with E-state index in [4.69, 9.17) is 5.11 Å². The minimum atomic E-state index is -1.19. The Morgan fingerprint density at radius 3 is 2.76 bits per heavy atom. The molecule has 130 valence electrons. The number of hydrogen-bond donors (Lipinski definition) is 3. The highest BCUT2D eigenvalue weighted by Gasteiger charge is 2.15. The molecule has 0 saturated heterocycles. The summed E-state index contributed by atoms with van der Waals surface area (Å²) in [5, 5.41) is 15.8. The molecule has 7 nitrogen and oxygen atoms in total. The number of rotatable bonds is 7. The Hall–Kier alpha value is -2.65. The number of amides is 2. The third kappa shape index (κ3) is 6.40. The van der Waals surface area contributed by atoms with E-state index in [0.29, 0.717) is 10.8 Å². The Balaban J connectivity index is 1.95. The molecule has 0 bridgehead atoms. The van der Waals surface area contributed by atoms with Crippen molar-refractivity contribution in [1.29, 1.82) is 0 Å². The number of thioether (sulfide) groups is 1. The minimum absolute atomic E-state index is 0.168. The molecule has 0 aliphatic heterocycles. The second kappa shape index (κ2) is 9.00. The molecule has 1 aromatic heterocycles. The van der Waals surface area contributed by atoms with Crippen LogP contribution in [0.5, 0.6) is 0 Å². The average molecular weight is 377 g/mol. The van der Waals surface area contributed by atoms with E-state index >= 15 is 0 Å². The molecular formula is C16H15N3O4S2. The van der Waals surface area contributed by atoms with Gasteiger partial charge in [-0.2, -0.15) is 0 Å². The predicted octanol–water partition coefficient (Wildman–Crippen LogP) is 2.84. The fraction of sp³-hybridized carbons (Fsp3) is 0.125. The molecule has 0 spiro atoms. The Morgan fingerprint density at radius 1 is 1.28 bits per heavy atom. The molecule has 2 aromatic rings. The van der Waals surface area contributed by atoms with Crippen LogP contribution >= 0.6 is 23.1 Å². The number of nitrogens with zero attached hydrogens (tertiary/aromatic N) is 1. The normalized spacial score (nSPS) is 11.9. The Morgan fingerprint density at radius 2 is 2.08 bits per heavy atom. The van der Waals surface area contributed by atoms with Crippen LogP contribution in [0, 0.1) is 0 Å². The smallest absolute Gasteiger partial charge is 0.328 e. The lowest BCUT2D eigenvalue weighted by Gasteiger charge is -2.11. The highest BCUT2D eigenvalue weighted by atomic mass is 32.2. The number of carbonyl (C=O) groups excluding carboxylic acids is 2. The van der Waals surface area contributed by atoms with Gasteiger partial charge in [0.05, 0.1) is 5.25 Å². The first kappa shape index (κ1) is 18.7. The molecule has 3 N–H and O–H groups in total. The molecule has 2 rings (SSSR count). The fourth-order valence-corrected chi connectivity index (χ4v) is 3.19. The predicted molar refractivity (Wildman–Crippen MR) is 97.9 cm³/mol. The van der Waals surface area contributed by atoms with Crippen LogP contribution in [0.2, 0.25) is 0 Å². The molecule has 9 heteroatoms. The van der Waals surface area contributed by atoms with Gasteiger partial charge in [-0.15, -0.1) is 23.1 Å². The van der Waals surface area contributed by atoms with Gasteiger partial charge in [-0.25, -0.2) is 9.78 Å². The van der Waals surface area contributed by atoms with E-state index in [9.17, 15) is 14.4 Å². The Labute approximate surface area is 152 Å². The quantitative estimate of drug-likeness (QED) is 0.506. The maximum atomic E-state index is 12.1. The summed E-state index contributed by atoms with van der Waals surface area (Å²) < 4.78 is 0. The van der Waals surface area contributed by atoms with Crippen molar-refractivity contribution >= 4 is 51.7 Å². The molecule has 0 aliphatic rings. The van der Waals surface area contributed by atoms with Crippen LogP contribution in [0.4, 0.5) is 10.8 Å². The van der Waals surface area contributed by atoms with E-state index in [1.54, 1.807) is 36.7 Å². The first-order valence-corrected chi connectivity index (χ1v) is 8.89. The molecular weight excluding hydrogens is 362 g/mol. The third-order valence-corrected chi connectivity index (χ3v) is 4.61. The first-order chi connectivity index (χ1) is 11.9. The van der Waals surface area contributed by atoms with Crippen LogP contribution in [-0.4, -0.2) is 33.1 Å². The summed E-state index contributed by atoms with van der Waals surface area (Å²) in [4.78, 5) is 38.9. The molecule has 1 aromatic carbocycles. The number of nitrogens with one attached hydrogen (secondary N) is 2. The first-order valence-electron chi connectivity index (χ1n) is 7.13. The maximum Gasteiger partial charge on any atom is 0.328 e. The largest absolute Gasteiger partial charge is 0.478 e. The summed E-state index contributed by atoms with van der Waals surface area (Å²) in [6.07, 6.45) is 3.31. The van der Waals surface area contributed by atoms with Crippen molar-refractivity contribution in [2.45, 2.75) is 17.1 Å². The fourth-order valence-electron chi connectivity index (χ4n) is 1.73. The van der Waals surface area contributed by atoms with E-state index < -0.39 is 11.9 Å². The SMILES string of the molecule is CC(Sc1cccc(NC(=O)/C=C/C(=O)O)c1)C(=O)Nc1nccs1. The van der Waals surface area contributed by atoms with Crippen molar-refractivity contribution < 1.29 is 19.5 Å². The molecule has 0 saturated carbocycles. The number of carbonyl (C=O) groups is 3. The van der Waals surface area contributed by atoms with Gasteiger partial charge in [0.2, 0.25) is 11.8 Å². The van der Waals surface area contributed by atoms with Crippen molar-refractivity contribution in [3.05, 3.63) is 48.0 Å². The van der Waals surface area contributed by atoms with Gasteiger partial charge in [-0.1, -0.05) is 6.07 Å². The molecule has 1 atom stereocenters. The number of carboxylic acids is 1. The van der Waals surface area contributed by atoms with E-state index in [-0.39, 0.29) is 11.2 Å². The van der Waals surface area contributed by atoms with Crippen LogP contribution < -0.4 is 10.6 Å². The van der Waals surface area contributed by atoms with Gasteiger partial charge in [0.25, 0.3) is 0 Å². The topological polar surface area (TPSA) is 108 Å². The Bertz CT molecular complexity index is 790. The number of thiazole rings is 1. The van der Waals surface area contributed by atoms with Crippen molar-refractivity contribution in [3.8, 4) is 0 Å². The van der Waals surface area contributed by atoms with Crippen molar-refractivity contribution in [1.82, 2.24) is 4.98 Å². The van der Waals surface area contributed by atoms with Crippen LogP contribution in [0.3, 0.4) is 0 Å². The highest BCUT2D eigenvalue weighted by molar-refractivity contribution is 8.00. The summed E-state index contributed by atoms with van der Waals surface area (Å²) in [5.74, 6) is -1.91. The standard InChI is InChI=1S/C16H15N3O4S2/c1-10(15(23)19-16-17-7-8-24-16)25-12-4-2-3-11(9-12)18-13(20)5-6-14(21)22/h2-10H,1H3,(H,18,20)(H,21,22)(H,17,19,23)/b6-5+. The molecule has 1 heterocycles. The van der Waals surface area contributed by atoms with Gasteiger partial charge in [0.1, 0.15) is 0 Å². The molecule has 0 radical (unpaired) electrons. The van der Waals surface area contributed by atoms with Gasteiger partial charge in [0, 0.05) is 34.3 Å². The summed E-state index contributed by atoms with van der Waals surface area (Å²) >= 11 is 2.68. The summed E-state index contributed by atoms with van der Waals surface area (Å²) in [6.45, 7) is 1.77. The maximum absolute atomic E-state index is 12.1. The second-order valence-electron chi connectivity index (χ2n) is 4.78. The van der Waals surface area contributed by atoms with E-state index in [1.807, 2.05) is 6.07 Å². The van der Waals surface area contributed by atoms with Gasteiger partial charge < -0.3 is 15.7 Å². The second-order valence-corrected chi connectivity index (χ2v) is 7.08. The van der Waals surface area contributed by atoms with Crippen molar-refractivity contribution in [2.24, 2.45) is 0 Å². The lowest BCUT2D eigenvalue weighted by molar-refractivity contribution is -0.131. The summed E-state index contributed by atoms with van der Waals surface area (Å²) in [7, 11) is 0. The number of aromatic nitrogens is 1. The highest BCUT2D eigenvalue weighted by Crippen LogP contribution is 2.26. The van der Waals surface area contributed by atoms with Crippen LogP contribution in [0.15, 0.2) is 52.9 Å². The average Bonchev–Trinajstić information content (AvgIpc) is 3.06. The number of benzene rings is 1. The molecule has 1 unspecified atom stereocenters. The molecule has 0 fully saturated rings. The molecule has 25 heavy (non-hydrogen) atoms. The van der Waals surface area contributed by atoms with Gasteiger partial charge in [0.15, 0.2) is 5.13 Å². The van der Waals surface area contributed by atoms with E-state index in [2.05, 4.69) is 15.6 Å². The van der Waals surface area contributed by atoms with E-state index in [1.165, 1.54) is 23.1 Å². The van der Waals surface area contributed by atoms with Crippen LogP contribution in [-0.2, 0) is 14.4 Å². The molecule has 0 aliphatic carbocycles. The monoisotopic (exact) mass is 377 g/mol. The number of carboxylic acid groups (broad SMARTS) is 1. The van der Waals surface area contributed by atoms with E-state index in [0.717, 1.165) is 17.0 Å². The number of anilines is 2.